The summed E-state index contributed by atoms with van der Waals surface area (Å²) in [6.07, 6.45) is 1.94. The smallest absolute Gasteiger partial charge is 0.191 e. The third kappa shape index (κ3) is 5.68. The fourth-order valence-corrected chi connectivity index (χ4v) is 3.51. The summed E-state index contributed by atoms with van der Waals surface area (Å²) in [5.41, 5.74) is 2.98. The van der Waals surface area contributed by atoms with Crippen LogP contribution in [-0.2, 0) is 13.1 Å². The molecule has 0 amide bonds. The Morgan fingerprint density at radius 3 is 2.46 bits per heavy atom. The Labute approximate surface area is 186 Å². The van der Waals surface area contributed by atoms with Crippen molar-refractivity contribution in [1.29, 1.82) is 0 Å². The number of aryl methyl sites for hydroxylation is 2. The van der Waals surface area contributed by atoms with Crippen molar-refractivity contribution in [2.45, 2.75) is 26.9 Å². The van der Waals surface area contributed by atoms with Crippen LogP contribution in [0, 0.1) is 13.8 Å². The van der Waals surface area contributed by atoms with Crippen LogP contribution in [0.5, 0.6) is 5.75 Å². The van der Waals surface area contributed by atoms with Crippen LogP contribution >= 0.6 is 35.3 Å². The zero-order valence-corrected chi connectivity index (χ0v) is 19.5. The number of guanidine groups is 1. The van der Waals surface area contributed by atoms with Gasteiger partial charge in [0.2, 0.25) is 0 Å². The summed E-state index contributed by atoms with van der Waals surface area (Å²) in [5, 5.41) is 12.3. The normalized spacial score (nSPS) is 11.1. The molecule has 0 spiro atoms. The number of methoxy groups -OCH3 is 1. The van der Waals surface area contributed by atoms with E-state index in [1.54, 1.807) is 25.5 Å². The lowest BCUT2D eigenvalue weighted by Gasteiger charge is -2.10. The van der Waals surface area contributed by atoms with Gasteiger partial charge in [0.15, 0.2) is 5.96 Å². The highest BCUT2D eigenvalue weighted by molar-refractivity contribution is 14.0. The van der Waals surface area contributed by atoms with Gasteiger partial charge in [-0.3, -0.25) is 4.99 Å². The number of aromatic nitrogens is 3. The van der Waals surface area contributed by atoms with E-state index in [0.717, 1.165) is 33.8 Å². The van der Waals surface area contributed by atoms with Crippen LogP contribution in [-0.4, -0.2) is 34.9 Å². The maximum absolute atomic E-state index is 5.19. The van der Waals surface area contributed by atoms with Crippen LogP contribution in [0.3, 0.4) is 0 Å². The van der Waals surface area contributed by atoms with Crippen LogP contribution in [0.15, 0.2) is 41.5 Å². The second-order valence-electron chi connectivity index (χ2n) is 5.97. The van der Waals surface area contributed by atoms with Crippen molar-refractivity contribution in [3.05, 3.63) is 57.8 Å². The molecule has 0 fully saturated rings. The minimum Gasteiger partial charge on any atom is -0.497 e. The number of halogens is 1. The van der Waals surface area contributed by atoms with E-state index < -0.39 is 0 Å². The molecule has 28 heavy (non-hydrogen) atoms. The van der Waals surface area contributed by atoms with Crippen molar-refractivity contribution < 1.29 is 4.74 Å². The molecule has 2 aromatic heterocycles. The van der Waals surface area contributed by atoms with Gasteiger partial charge in [0, 0.05) is 18.1 Å². The van der Waals surface area contributed by atoms with E-state index in [9.17, 15) is 0 Å². The van der Waals surface area contributed by atoms with E-state index in [4.69, 9.17) is 4.74 Å². The summed E-state index contributed by atoms with van der Waals surface area (Å²) >= 11 is 1.70. The predicted molar refractivity (Wildman–Crippen MR) is 124 cm³/mol. The summed E-state index contributed by atoms with van der Waals surface area (Å²) in [7, 11) is 3.42. The van der Waals surface area contributed by atoms with Gasteiger partial charge < -0.3 is 15.4 Å². The van der Waals surface area contributed by atoms with Gasteiger partial charge in [-0.25, -0.2) is 9.67 Å². The molecule has 0 bridgehead atoms. The van der Waals surface area contributed by atoms with E-state index in [2.05, 4.69) is 25.7 Å². The zero-order chi connectivity index (χ0) is 19.2. The second-order valence-corrected chi connectivity index (χ2v) is 7.26. The quantitative estimate of drug-likeness (QED) is 0.301. The highest BCUT2D eigenvalue weighted by Gasteiger charge is 2.07. The van der Waals surface area contributed by atoms with E-state index in [1.165, 1.54) is 4.88 Å². The molecule has 3 rings (SSSR count). The fourth-order valence-electron chi connectivity index (χ4n) is 2.63. The van der Waals surface area contributed by atoms with Gasteiger partial charge in [0.1, 0.15) is 5.75 Å². The van der Waals surface area contributed by atoms with Crippen LogP contribution in [0.1, 0.15) is 21.3 Å². The maximum atomic E-state index is 5.19. The summed E-state index contributed by atoms with van der Waals surface area (Å²) < 4.78 is 7.03. The van der Waals surface area contributed by atoms with Gasteiger partial charge >= 0.3 is 0 Å². The monoisotopic (exact) mass is 512 g/mol. The van der Waals surface area contributed by atoms with Crippen LogP contribution < -0.4 is 15.4 Å². The molecule has 7 nitrogen and oxygen atoms in total. The first-order valence-corrected chi connectivity index (χ1v) is 9.47. The van der Waals surface area contributed by atoms with E-state index in [1.807, 2.05) is 55.1 Å². The van der Waals surface area contributed by atoms with Gasteiger partial charge in [0.25, 0.3) is 0 Å². The van der Waals surface area contributed by atoms with Crippen molar-refractivity contribution in [1.82, 2.24) is 25.4 Å². The highest BCUT2D eigenvalue weighted by Crippen LogP contribution is 2.16. The van der Waals surface area contributed by atoms with E-state index >= 15 is 0 Å². The summed E-state index contributed by atoms with van der Waals surface area (Å²) in [6.45, 7) is 5.34. The number of benzene rings is 1. The summed E-state index contributed by atoms with van der Waals surface area (Å²) in [6, 6.07) is 9.78. The topological polar surface area (TPSA) is 76.4 Å². The average molecular weight is 512 g/mol. The first kappa shape index (κ1) is 22.2. The van der Waals surface area contributed by atoms with E-state index in [-0.39, 0.29) is 24.0 Å². The molecule has 0 aliphatic rings. The number of nitrogens with zero attached hydrogens (tertiary/aromatic N) is 4. The lowest BCUT2D eigenvalue weighted by molar-refractivity contribution is 0.414. The molecule has 0 saturated heterocycles. The summed E-state index contributed by atoms with van der Waals surface area (Å²) in [4.78, 5) is 9.94. The van der Waals surface area contributed by atoms with E-state index in [0.29, 0.717) is 13.1 Å². The van der Waals surface area contributed by atoms with Gasteiger partial charge in [-0.1, -0.05) is 0 Å². The summed E-state index contributed by atoms with van der Waals surface area (Å²) in [5.74, 6) is 1.56. The SMILES string of the molecule is CN=C(NCc1ccn(-c2ccc(OC)cc2)n1)NCc1sc(C)nc1C.I. The van der Waals surface area contributed by atoms with Crippen LogP contribution in [0.4, 0.5) is 0 Å². The minimum atomic E-state index is 0. The maximum Gasteiger partial charge on any atom is 0.191 e. The predicted octanol–water partition coefficient (Wildman–Crippen LogP) is 3.44. The Balaban J connectivity index is 0.00000280. The van der Waals surface area contributed by atoms with Crippen molar-refractivity contribution in [2.75, 3.05) is 14.2 Å². The van der Waals surface area contributed by atoms with Crippen molar-refractivity contribution in [2.24, 2.45) is 4.99 Å². The molecule has 3 aromatic rings. The Bertz CT molecular complexity index is 919. The Hall–Kier alpha value is -2.14. The molecule has 2 N–H and O–H groups in total. The molecule has 0 aliphatic carbocycles. The molecule has 9 heteroatoms. The van der Waals surface area contributed by atoms with Crippen LogP contribution in [0.25, 0.3) is 5.69 Å². The van der Waals surface area contributed by atoms with Crippen LogP contribution in [0.2, 0.25) is 0 Å². The molecule has 0 radical (unpaired) electrons. The Morgan fingerprint density at radius 2 is 1.86 bits per heavy atom. The molecule has 1 aromatic carbocycles. The molecule has 2 heterocycles. The average Bonchev–Trinajstić information content (AvgIpc) is 3.28. The number of hydrogen-bond donors (Lipinski definition) is 2. The lowest BCUT2D eigenvalue weighted by Crippen LogP contribution is -2.36. The molecular formula is C19H25IN6OS. The Morgan fingerprint density at radius 1 is 1.14 bits per heavy atom. The second kappa shape index (κ2) is 10.4. The number of aliphatic imine (C=N–C) groups is 1. The molecular weight excluding hydrogens is 487 g/mol. The third-order valence-corrected chi connectivity index (χ3v) is 5.13. The Kier molecular flexibility index (Phi) is 8.24. The number of nitrogens with one attached hydrogen (secondary N) is 2. The first-order chi connectivity index (χ1) is 13.1. The van der Waals surface area contributed by atoms with Gasteiger partial charge in [-0.2, -0.15) is 5.10 Å². The number of ether oxygens (including phenoxy) is 1. The van der Waals surface area contributed by atoms with Crippen molar-refractivity contribution in [3.8, 4) is 11.4 Å². The fraction of sp³-hybridized carbons (Fsp3) is 0.316. The van der Waals surface area contributed by atoms with Gasteiger partial charge in [0.05, 0.1) is 42.3 Å². The molecule has 0 aliphatic heterocycles. The molecule has 0 atom stereocenters. The molecule has 150 valence electrons. The van der Waals surface area contributed by atoms with Gasteiger partial charge in [-0.05, 0) is 44.2 Å². The number of rotatable bonds is 6. The number of thiazole rings is 1. The van der Waals surface area contributed by atoms with Crippen molar-refractivity contribution in [3.63, 3.8) is 0 Å². The third-order valence-electron chi connectivity index (χ3n) is 4.06. The lowest BCUT2D eigenvalue weighted by atomic mass is 10.3. The largest absolute Gasteiger partial charge is 0.497 e. The molecule has 0 unspecified atom stereocenters. The molecule has 0 saturated carbocycles. The highest BCUT2D eigenvalue weighted by atomic mass is 127. The minimum absolute atomic E-state index is 0. The number of hydrogen-bond acceptors (Lipinski definition) is 5. The standard InChI is InChI=1S/C19H24N6OS.HI/c1-13-18(27-14(2)23-13)12-22-19(20-3)21-11-15-9-10-25(24-15)16-5-7-17(26-4)8-6-16;/h5-10H,11-12H2,1-4H3,(H2,20,21,22);1H. The van der Waals surface area contributed by atoms with Crippen molar-refractivity contribution >= 4 is 41.3 Å². The zero-order valence-electron chi connectivity index (χ0n) is 16.4. The van der Waals surface area contributed by atoms with Gasteiger partial charge in [-0.15, -0.1) is 35.3 Å². The first-order valence-electron chi connectivity index (χ1n) is 8.65.